The maximum Gasteiger partial charge on any atom is 0.253 e. The molecule has 0 aromatic carbocycles. The number of rotatable bonds is 4. The van der Waals surface area contributed by atoms with Gasteiger partial charge in [0.15, 0.2) is 0 Å². The fourth-order valence-electron chi connectivity index (χ4n) is 3.34. The van der Waals surface area contributed by atoms with Crippen molar-refractivity contribution >= 4 is 11.8 Å². The van der Waals surface area contributed by atoms with Crippen molar-refractivity contribution in [3.63, 3.8) is 0 Å². The number of carbonyl (C=O) groups is 2. The Balaban J connectivity index is 2.13. The number of aromatic nitrogens is 1. The minimum Gasteiger partial charge on any atom is -0.350 e. The molecule has 1 heterocycles. The van der Waals surface area contributed by atoms with Crippen LogP contribution in [-0.2, 0) is 16.1 Å². The van der Waals surface area contributed by atoms with Crippen molar-refractivity contribution in [2.24, 2.45) is 0 Å². The molecule has 0 radical (unpaired) electrons. The minimum absolute atomic E-state index is 0.168. The summed E-state index contributed by atoms with van der Waals surface area (Å²) < 4.78 is 0. The van der Waals surface area contributed by atoms with Crippen LogP contribution >= 0.6 is 0 Å². The molecular formula is C17H25N3O3. The van der Waals surface area contributed by atoms with Gasteiger partial charge in [-0.2, -0.15) is 0 Å². The van der Waals surface area contributed by atoms with E-state index in [0.717, 1.165) is 30.5 Å². The van der Waals surface area contributed by atoms with E-state index in [2.05, 4.69) is 15.6 Å². The molecule has 0 spiro atoms. The van der Waals surface area contributed by atoms with Crippen LogP contribution in [0.25, 0.3) is 0 Å². The molecule has 0 saturated heterocycles. The van der Waals surface area contributed by atoms with E-state index in [-0.39, 0.29) is 23.9 Å². The van der Waals surface area contributed by atoms with Crippen molar-refractivity contribution in [2.75, 3.05) is 0 Å². The van der Waals surface area contributed by atoms with E-state index in [1.165, 1.54) is 6.92 Å². The van der Waals surface area contributed by atoms with E-state index in [1.54, 1.807) is 0 Å². The first-order chi connectivity index (χ1) is 10.8. The molecule has 1 aliphatic rings. The summed E-state index contributed by atoms with van der Waals surface area (Å²) in [6.07, 6.45) is 4.18. The van der Waals surface area contributed by atoms with Gasteiger partial charge in [-0.1, -0.05) is 19.3 Å². The Labute approximate surface area is 136 Å². The van der Waals surface area contributed by atoms with Crippen molar-refractivity contribution in [1.82, 2.24) is 15.6 Å². The second kappa shape index (κ2) is 6.98. The van der Waals surface area contributed by atoms with Crippen LogP contribution in [0.5, 0.6) is 0 Å². The van der Waals surface area contributed by atoms with Gasteiger partial charge in [0.05, 0.1) is 0 Å². The molecule has 1 aliphatic carbocycles. The van der Waals surface area contributed by atoms with Gasteiger partial charge in [-0.25, -0.2) is 0 Å². The van der Waals surface area contributed by atoms with Crippen LogP contribution < -0.4 is 16.2 Å². The number of hydrogen-bond acceptors (Lipinski definition) is 3. The molecule has 1 fully saturated rings. The monoisotopic (exact) mass is 319 g/mol. The number of pyridine rings is 1. The van der Waals surface area contributed by atoms with Crippen molar-refractivity contribution in [3.8, 4) is 0 Å². The topological polar surface area (TPSA) is 91.1 Å². The molecule has 2 rings (SSSR count). The van der Waals surface area contributed by atoms with Gasteiger partial charge in [0, 0.05) is 24.7 Å². The van der Waals surface area contributed by atoms with Gasteiger partial charge in [0.1, 0.15) is 5.54 Å². The molecule has 3 N–H and O–H groups in total. The first-order valence-electron chi connectivity index (χ1n) is 8.10. The number of aryl methyl sites for hydroxylation is 2. The third-order valence-electron chi connectivity index (χ3n) is 4.48. The Morgan fingerprint density at radius 3 is 2.43 bits per heavy atom. The summed E-state index contributed by atoms with van der Waals surface area (Å²) in [6, 6.07) is 1.88. The lowest BCUT2D eigenvalue weighted by Crippen LogP contribution is -2.59. The number of hydrogen-bond donors (Lipinski definition) is 3. The second-order valence-electron chi connectivity index (χ2n) is 6.45. The molecule has 0 atom stereocenters. The van der Waals surface area contributed by atoms with E-state index >= 15 is 0 Å². The zero-order chi connectivity index (χ0) is 17.0. The van der Waals surface area contributed by atoms with E-state index in [1.807, 2.05) is 19.9 Å². The summed E-state index contributed by atoms with van der Waals surface area (Å²) in [7, 11) is 0. The summed E-state index contributed by atoms with van der Waals surface area (Å²) in [5.41, 5.74) is 1.18. The van der Waals surface area contributed by atoms with Gasteiger partial charge in [-0.15, -0.1) is 0 Å². The van der Waals surface area contributed by atoms with Gasteiger partial charge >= 0.3 is 0 Å². The zero-order valence-electron chi connectivity index (χ0n) is 14.0. The molecule has 0 aliphatic heterocycles. The number of nitrogens with one attached hydrogen (secondary N) is 3. The van der Waals surface area contributed by atoms with Gasteiger partial charge < -0.3 is 15.6 Å². The summed E-state index contributed by atoms with van der Waals surface area (Å²) in [6.45, 7) is 5.28. The zero-order valence-corrected chi connectivity index (χ0v) is 14.0. The molecule has 6 heteroatoms. The molecule has 6 nitrogen and oxygen atoms in total. The molecule has 2 amide bonds. The molecular weight excluding hydrogens is 294 g/mol. The fraction of sp³-hybridized carbons (Fsp3) is 0.588. The van der Waals surface area contributed by atoms with Crippen molar-refractivity contribution in [3.05, 3.63) is 33.2 Å². The van der Waals surface area contributed by atoms with Gasteiger partial charge in [-0.3, -0.25) is 14.4 Å². The van der Waals surface area contributed by atoms with Crippen LogP contribution in [0.15, 0.2) is 10.9 Å². The lowest BCUT2D eigenvalue weighted by molar-refractivity contribution is -0.134. The van der Waals surface area contributed by atoms with E-state index in [4.69, 9.17) is 0 Å². The maximum absolute atomic E-state index is 12.7. The summed E-state index contributed by atoms with van der Waals surface area (Å²) >= 11 is 0. The standard InChI is InChI=1S/C17H25N3O3/c1-11-9-12(2)19-15(22)14(11)10-18-16(23)17(20-13(3)21)7-5-4-6-8-17/h9H,4-8,10H2,1-3H3,(H,18,23)(H,19,22)(H,20,21). The second-order valence-corrected chi connectivity index (χ2v) is 6.45. The quantitative estimate of drug-likeness (QED) is 0.784. The average molecular weight is 319 g/mol. The first kappa shape index (κ1) is 17.2. The highest BCUT2D eigenvalue weighted by molar-refractivity contribution is 5.91. The highest BCUT2D eigenvalue weighted by atomic mass is 16.2. The third kappa shape index (κ3) is 4.00. The Morgan fingerprint density at radius 1 is 1.22 bits per heavy atom. The number of amides is 2. The molecule has 1 aromatic heterocycles. The molecule has 0 unspecified atom stereocenters. The first-order valence-corrected chi connectivity index (χ1v) is 8.10. The van der Waals surface area contributed by atoms with Crippen LogP contribution in [0.3, 0.4) is 0 Å². The van der Waals surface area contributed by atoms with Crippen molar-refractivity contribution in [2.45, 2.75) is 65.0 Å². The minimum atomic E-state index is -0.838. The van der Waals surface area contributed by atoms with Gasteiger partial charge in [0.2, 0.25) is 11.8 Å². The summed E-state index contributed by atoms with van der Waals surface area (Å²) in [5.74, 6) is -0.404. The Kier molecular flexibility index (Phi) is 5.23. The Bertz CT molecular complexity index is 658. The van der Waals surface area contributed by atoms with Gasteiger partial charge in [0.25, 0.3) is 5.56 Å². The van der Waals surface area contributed by atoms with Crippen LogP contribution in [-0.4, -0.2) is 22.3 Å². The smallest absolute Gasteiger partial charge is 0.253 e. The number of aromatic amines is 1. The van der Waals surface area contributed by atoms with Crippen LogP contribution in [0, 0.1) is 13.8 Å². The molecule has 1 aromatic rings. The van der Waals surface area contributed by atoms with Crippen molar-refractivity contribution < 1.29 is 9.59 Å². The lowest BCUT2D eigenvalue weighted by atomic mass is 9.80. The highest BCUT2D eigenvalue weighted by Crippen LogP contribution is 2.28. The van der Waals surface area contributed by atoms with Crippen LogP contribution in [0.2, 0.25) is 0 Å². The molecule has 1 saturated carbocycles. The van der Waals surface area contributed by atoms with Crippen molar-refractivity contribution in [1.29, 1.82) is 0 Å². The average Bonchev–Trinajstić information content (AvgIpc) is 2.46. The van der Waals surface area contributed by atoms with E-state index in [9.17, 15) is 14.4 Å². The fourth-order valence-corrected chi connectivity index (χ4v) is 3.34. The molecule has 0 bridgehead atoms. The van der Waals surface area contributed by atoms with E-state index < -0.39 is 5.54 Å². The Morgan fingerprint density at radius 2 is 1.87 bits per heavy atom. The molecule has 23 heavy (non-hydrogen) atoms. The number of carbonyl (C=O) groups excluding carboxylic acids is 2. The summed E-state index contributed by atoms with van der Waals surface area (Å²) in [4.78, 5) is 39.0. The largest absolute Gasteiger partial charge is 0.350 e. The van der Waals surface area contributed by atoms with E-state index in [0.29, 0.717) is 18.4 Å². The lowest BCUT2D eigenvalue weighted by Gasteiger charge is -2.36. The SMILES string of the molecule is CC(=O)NC1(C(=O)NCc2c(C)cc(C)[nH]c2=O)CCCCC1. The third-order valence-corrected chi connectivity index (χ3v) is 4.48. The van der Waals surface area contributed by atoms with Crippen LogP contribution in [0.1, 0.15) is 55.8 Å². The highest BCUT2D eigenvalue weighted by Gasteiger charge is 2.40. The predicted octanol–water partition coefficient (Wildman–Crippen LogP) is 1.45. The Hall–Kier alpha value is -2.11. The summed E-state index contributed by atoms with van der Waals surface area (Å²) in [5, 5.41) is 5.68. The van der Waals surface area contributed by atoms with Crippen LogP contribution in [0.4, 0.5) is 0 Å². The van der Waals surface area contributed by atoms with Gasteiger partial charge in [-0.05, 0) is 38.3 Å². The predicted molar refractivity (Wildman–Crippen MR) is 88.0 cm³/mol. The number of H-pyrrole nitrogens is 1. The maximum atomic E-state index is 12.7. The normalized spacial score (nSPS) is 16.7. The molecule has 126 valence electrons.